The van der Waals surface area contributed by atoms with E-state index in [1.807, 2.05) is 0 Å². The average molecular weight is 681 g/mol. The molecule has 0 spiro atoms. The van der Waals surface area contributed by atoms with Crippen molar-refractivity contribution >= 4 is 17.7 Å². The summed E-state index contributed by atoms with van der Waals surface area (Å²) in [5, 5.41) is 11.8. The summed E-state index contributed by atoms with van der Waals surface area (Å²) < 4.78 is 136. The number of aromatic nitrogens is 4. The highest BCUT2D eigenvalue weighted by atomic mass is 19.4. The van der Waals surface area contributed by atoms with E-state index >= 15 is 0 Å². The second kappa shape index (κ2) is 12.8. The van der Waals surface area contributed by atoms with Crippen molar-refractivity contribution in [1.29, 1.82) is 0 Å². The topological polar surface area (TPSA) is 85.6 Å². The molecule has 47 heavy (non-hydrogen) atoms. The minimum atomic E-state index is -5.11. The van der Waals surface area contributed by atoms with Crippen LogP contribution in [0.1, 0.15) is 65.1 Å². The zero-order valence-electron chi connectivity index (χ0n) is 25.0. The Labute approximate surface area is 262 Å². The lowest BCUT2D eigenvalue weighted by Crippen LogP contribution is -2.37. The van der Waals surface area contributed by atoms with Crippen LogP contribution in [0.2, 0.25) is 0 Å². The van der Waals surface area contributed by atoms with Crippen molar-refractivity contribution in [1.82, 2.24) is 20.2 Å². The number of benzene rings is 2. The lowest BCUT2D eigenvalue weighted by Gasteiger charge is -2.33. The molecule has 3 heterocycles. The molecule has 0 bridgehead atoms. The van der Waals surface area contributed by atoms with Gasteiger partial charge in [-0.15, -0.1) is 5.10 Å². The van der Waals surface area contributed by atoms with Crippen LogP contribution in [0.5, 0.6) is 0 Å². The molecule has 1 amide bonds. The number of aryl methyl sites for hydroxylation is 2. The maximum atomic E-state index is 14.1. The minimum Gasteiger partial charge on any atom is -0.446 e. The van der Waals surface area contributed by atoms with Gasteiger partial charge in [-0.1, -0.05) is 11.2 Å². The smallest absolute Gasteiger partial charge is 0.416 e. The molecule has 1 fully saturated rings. The number of hydrogen-bond acceptors (Lipinski definition) is 7. The molecular formula is C29H29F9N6O3. The summed E-state index contributed by atoms with van der Waals surface area (Å²) in [7, 11) is 1.38. The van der Waals surface area contributed by atoms with Crippen molar-refractivity contribution in [3.05, 3.63) is 63.7 Å². The highest BCUT2D eigenvalue weighted by molar-refractivity contribution is 5.89. The number of hydrogen-bond donors (Lipinski definition) is 0. The molecule has 1 saturated heterocycles. The zero-order chi connectivity index (χ0) is 34.3. The Morgan fingerprint density at radius 1 is 0.936 bits per heavy atom. The predicted octanol–water partition coefficient (Wildman–Crippen LogP) is 7.24. The van der Waals surface area contributed by atoms with Crippen molar-refractivity contribution in [3.63, 3.8) is 0 Å². The summed E-state index contributed by atoms with van der Waals surface area (Å²) in [6.45, 7) is 1.17. The summed E-state index contributed by atoms with van der Waals surface area (Å²) in [4.78, 5) is 16.8. The summed E-state index contributed by atoms with van der Waals surface area (Å²) in [6.07, 6.45) is -15.4. The molecule has 0 N–H and O–H groups in total. The van der Waals surface area contributed by atoms with Gasteiger partial charge in [-0.05, 0) is 65.9 Å². The van der Waals surface area contributed by atoms with Gasteiger partial charge in [0.1, 0.15) is 6.10 Å². The first kappa shape index (κ1) is 34.3. The van der Waals surface area contributed by atoms with Crippen LogP contribution in [0.3, 0.4) is 0 Å². The van der Waals surface area contributed by atoms with E-state index in [2.05, 4.69) is 15.4 Å². The van der Waals surface area contributed by atoms with Crippen LogP contribution in [-0.4, -0.2) is 52.2 Å². The number of alkyl halides is 9. The van der Waals surface area contributed by atoms with E-state index in [0.717, 1.165) is 15.8 Å². The normalized spacial score (nSPS) is 18.1. The molecule has 3 aromatic rings. The molecule has 0 radical (unpaired) electrons. The fourth-order valence-electron chi connectivity index (χ4n) is 5.77. The van der Waals surface area contributed by atoms with Gasteiger partial charge in [0.15, 0.2) is 0 Å². The van der Waals surface area contributed by atoms with Gasteiger partial charge in [0.05, 0.1) is 48.7 Å². The third-order valence-electron chi connectivity index (χ3n) is 7.98. The lowest BCUT2D eigenvalue weighted by molar-refractivity contribution is -0.143. The number of tetrazole rings is 1. The van der Waals surface area contributed by atoms with Crippen molar-refractivity contribution in [2.75, 3.05) is 29.6 Å². The van der Waals surface area contributed by atoms with Crippen LogP contribution in [0.4, 0.5) is 55.9 Å². The quantitative estimate of drug-likeness (QED) is 0.263. The van der Waals surface area contributed by atoms with Gasteiger partial charge < -0.3 is 14.4 Å². The van der Waals surface area contributed by atoms with Crippen molar-refractivity contribution in [2.24, 2.45) is 7.05 Å². The van der Waals surface area contributed by atoms with Gasteiger partial charge in [0.25, 0.3) is 5.95 Å². The Morgan fingerprint density at radius 2 is 1.57 bits per heavy atom. The number of rotatable bonds is 5. The monoisotopic (exact) mass is 680 g/mol. The Hall–Kier alpha value is -4.09. The van der Waals surface area contributed by atoms with Crippen molar-refractivity contribution in [3.8, 4) is 0 Å². The molecule has 1 atom stereocenters. The predicted molar refractivity (Wildman–Crippen MR) is 147 cm³/mol. The van der Waals surface area contributed by atoms with Gasteiger partial charge in [0, 0.05) is 25.9 Å². The lowest BCUT2D eigenvalue weighted by atomic mass is 9.94. The van der Waals surface area contributed by atoms with Crippen molar-refractivity contribution < 1.29 is 53.8 Å². The standard InChI is InChI=1S/C29H29F9N6O3/c1-16-10-21-23(4-3-7-43(24(21)14-22(16)29(36,37)38)26(45)47-20-5-8-46-9-6-20)44(25-39-41-42(2)40-25)15-17-11-18(27(30,31)32)13-19(12-17)28(33,34)35/h10-14,20,23H,3-9,15H2,1-2H3. The number of amides is 1. The SMILES string of the molecule is Cc1cc2c(cc1C(F)(F)F)N(C(=O)OC1CCOCC1)CCCC2N(Cc1cc(C(F)(F)F)cc(C(F)(F)F)c1)c1nnn(C)n1. The summed E-state index contributed by atoms with van der Waals surface area (Å²) >= 11 is 0. The molecule has 2 aliphatic heterocycles. The first-order valence-corrected chi connectivity index (χ1v) is 14.5. The first-order valence-electron chi connectivity index (χ1n) is 14.5. The fourth-order valence-corrected chi connectivity index (χ4v) is 5.77. The number of ether oxygens (including phenoxy) is 2. The minimum absolute atomic E-state index is 0.000677. The van der Waals surface area contributed by atoms with Crippen LogP contribution < -0.4 is 9.80 Å². The molecule has 2 aromatic carbocycles. The zero-order valence-corrected chi connectivity index (χ0v) is 25.0. The van der Waals surface area contributed by atoms with Gasteiger partial charge in [-0.25, -0.2) is 4.79 Å². The van der Waals surface area contributed by atoms with E-state index in [1.54, 1.807) is 0 Å². The van der Waals surface area contributed by atoms with Crippen LogP contribution in [0, 0.1) is 6.92 Å². The molecule has 0 aliphatic carbocycles. The van der Waals surface area contributed by atoms with Gasteiger partial charge in [-0.3, -0.25) is 4.90 Å². The third kappa shape index (κ3) is 7.73. The van der Waals surface area contributed by atoms with Gasteiger partial charge in [0.2, 0.25) is 0 Å². The van der Waals surface area contributed by atoms with Crippen LogP contribution in [0.15, 0.2) is 30.3 Å². The molecule has 1 aromatic heterocycles. The second-order valence-electron chi connectivity index (χ2n) is 11.3. The highest BCUT2D eigenvalue weighted by Crippen LogP contribution is 2.44. The molecule has 256 valence electrons. The van der Waals surface area contributed by atoms with Gasteiger partial charge in [-0.2, -0.15) is 44.3 Å². The number of anilines is 2. The van der Waals surface area contributed by atoms with E-state index < -0.39 is 65.6 Å². The van der Waals surface area contributed by atoms with E-state index in [0.29, 0.717) is 38.2 Å². The summed E-state index contributed by atoms with van der Waals surface area (Å²) in [6, 6.07) is 2.12. The second-order valence-corrected chi connectivity index (χ2v) is 11.3. The maximum absolute atomic E-state index is 14.1. The third-order valence-corrected chi connectivity index (χ3v) is 7.98. The molecule has 5 rings (SSSR count). The molecule has 18 heteroatoms. The van der Waals surface area contributed by atoms with Crippen LogP contribution in [0.25, 0.3) is 0 Å². The van der Waals surface area contributed by atoms with E-state index in [9.17, 15) is 44.3 Å². The molecule has 9 nitrogen and oxygen atoms in total. The van der Waals surface area contributed by atoms with Crippen LogP contribution >= 0.6 is 0 Å². The number of fused-ring (bicyclic) bond motifs is 1. The van der Waals surface area contributed by atoms with Crippen LogP contribution in [-0.2, 0) is 41.6 Å². The maximum Gasteiger partial charge on any atom is 0.416 e. The van der Waals surface area contributed by atoms with Gasteiger partial charge >= 0.3 is 24.6 Å². The molecule has 1 unspecified atom stereocenters. The number of carbonyl (C=O) groups is 1. The molecule has 2 aliphatic rings. The number of halogens is 9. The Kier molecular flexibility index (Phi) is 9.36. The largest absolute Gasteiger partial charge is 0.446 e. The average Bonchev–Trinajstić information content (AvgIpc) is 3.32. The Balaban J connectivity index is 1.64. The first-order chi connectivity index (χ1) is 21.9. The summed E-state index contributed by atoms with van der Waals surface area (Å²) in [5.74, 6) is -0.204. The molecule has 0 saturated carbocycles. The van der Waals surface area contributed by atoms with E-state index in [1.165, 1.54) is 24.9 Å². The highest BCUT2D eigenvalue weighted by Gasteiger charge is 2.40. The summed E-state index contributed by atoms with van der Waals surface area (Å²) in [5.41, 5.74) is -4.76. The van der Waals surface area contributed by atoms with Crippen molar-refractivity contribution in [2.45, 2.75) is 69.8 Å². The Bertz CT molecular complexity index is 1570. The Morgan fingerprint density at radius 3 is 2.13 bits per heavy atom. The van der Waals surface area contributed by atoms with E-state index in [4.69, 9.17) is 9.47 Å². The molecular weight excluding hydrogens is 651 g/mol. The number of carbonyl (C=O) groups excluding carboxylic acids is 1. The number of nitrogens with zero attached hydrogens (tertiary/aromatic N) is 6. The fraction of sp³-hybridized carbons (Fsp3) is 0.517. The van der Waals surface area contributed by atoms with E-state index in [-0.39, 0.29) is 48.2 Å².